The highest BCUT2D eigenvalue weighted by Crippen LogP contribution is 2.31. The van der Waals surface area contributed by atoms with E-state index in [9.17, 15) is 28.8 Å². The summed E-state index contributed by atoms with van der Waals surface area (Å²) in [5.74, 6) is -0.852. The molecule has 2 aliphatic rings. The average molecular weight is 818 g/mol. The molecule has 0 unspecified atom stereocenters. The predicted molar refractivity (Wildman–Crippen MR) is 216 cm³/mol. The number of imide groups is 2. The monoisotopic (exact) mass is 816 g/mol. The number of hydrogen-bond donors (Lipinski definition) is 2. The first kappa shape index (κ1) is 41.0. The minimum atomic E-state index is -0.449. The van der Waals surface area contributed by atoms with Crippen molar-refractivity contribution in [3.05, 3.63) is 139 Å². The molecule has 0 spiro atoms. The zero-order chi connectivity index (χ0) is 39.2. The van der Waals surface area contributed by atoms with Crippen LogP contribution in [-0.4, -0.2) is 34.2 Å². The standard InChI is InChI=1S/C21H18ClNO4S.C20H16ClNO4S/c22-17-13-16(11-10-15(17)12-18-20(25)23-21(26)28-18)27-19(24)9-5-4-8-14-6-2-1-3-7-14;21-16-12-15(10-9-14(16)11-17-19(24)22-20(25)27-17)26-18(23)8-4-7-13-5-2-1-3-6-13/h1-3,6-7,10-13H,4-5,8-9H2,(H,23,25,26);1-3,5-6,9-12H,4,7-8H2,(H,22,24,25)/b18-12-;17-11-. The molecule has 2 fully saturated rings. The number of esters is 2. The minimum absolute atomic E-state index is 0.271. The maximum absolute atomic E-state index is 12.0. The van der Waals surface area contributed by atoms with Crippen LogP contribution in [0, 0.1) is 0 Å². The molecule has 0 atom stereocenters. The third-order valence-electron chi connectivity index (χ3n) is 7.89. The Bertz CT molecular complexity index is 2140. The molecule has 14 heteroatoms. The number of amides is 4. The molecular weight excluding hydrogens is 783 g/mol. The first-order valence-electron chi connectivity index (χ1n) is 17.1. The van der Waals surface area contributed by atoms with Crippen LogP contribution in [0.4, 0.5) is 9.59 Å². The SMILES string of the molecule is O=C(CCCCc1ccccc1)Oc1ccc(/C=C2\SC(=O)NC2=O)c(Cl)c1.O=C(CCCc1ccccc1)Oc1ccc(/C=C2\SC(=O)NC2=O)c(Cl)c1. The van der Waals surface area contributed by atoms with Gasteiger partial charge in [0.05, 0.1) is 19.9 Å². The average Bonchev–Trinajstić information content (AvgIpc) is 3.66. The van der Waals surface area contributed by atoms with Crippen LogP contribution in [0.2, 0.25) is 10.0 Å². The molecule has 2 heterocycles. The number of hydrogen-bond acceptors (Lipinski definition) is 10. The lowest BCUT2D eigenvalue weighted by Gasteiger charge is -2.07. The summed E-state index contributed by atoms with van der Waals surface area (Å²) in [4.78, 5) is 70.1. The molecule has 4 amide bonds. The van der Waals surface area contributed by atoms with E-state index >= 15 is 0 Å². The Kier molecular flexibility index (Phi) is 15.3. The van der Waals surface area contributed by atoms with Gasteiger partial charge in [0.1, 0.15) is 11.5 Å². The van der Waals surface area contributed by atoms with Gasteiger partial charge >= 0.3 is 11.9 Å². The van der Waals surface area contributed by atoms with Gasteiger partial charge in [0.25, 0.3) is 22.3 Å². The van der Waals surface area contributed by atoms with E-state index in [0.29, 0.717) is 51.9 Å². The Morgan fingerprint density at radius 3 is 1.38 bits per heavy atom. The molecule has 0 aromatic heterocycles. The lowest BCUT2D eigenvalue weighted by atomic mass is 10.1. The lowest BCUT2D eigenvalue weighted by molar-refractivity contribution is -0.135. The van der Waals surface area contributed by atoms with Gasteiger partial charge in [-0.3, -0.25) is 39.4 Å². The number of unbranched alkanes of at least 4 members (excludes halogenated alkanes) is 1. The van der Waals surface area contributed by atoms with E-state index in [1.165, 1.54) is 35.4 Å². The van der Waals surface area contributed by atoms with Crippen molar-refractivity contribution in [3.63, 3.8) is 0 Å². The second-order valence-electron chi connectivity index (χ2n) is 12.1. The van der Waals surface area contributed by atoms with Crippen LogP contribution in [0.5, 0.6) is 11.5 Å². The number of aryl methyl sites for hydroxylation is 2. The van der Waals surface area contributed by atoms with E-state index in [2.05, 4.69) is 22.8 Å². The topological polar surface area (TPSA) is 145 Å². The van der Waals surface area contributed by atoms with Crippen LogP contribution < -0.4 is 20.1 Å². The van der Waals surface area contributed by atoms with Crippen LogP contribution >= 0.6 is 46.7 Å². The number of thioether (sulfide) groups is 2. The lowest BCUT2D eigenvalue weighted by Crippen LogP contribution is -2.17. The fraction of sp³-hybridized carbons (Fsp3) is 0.171. The van der Waals surface area contributed by atoms with Crippen molar-refractivity contribution in [1.29, 1.82) is 0 Å². The maximum Gasteiger partial charge on any atom is 0.311 e. The van der Waals surface area contributed by atoms with Gasteiger partial charge in [-0.2, -0.15) is 0 Å². The second-order valence-corrected chi connectivity index (χ2v) is 14.9. The minimum Gasteiger partial charge on any atom is -0.426 e. The Morgan fingerprint density at radius 1 is 0.564 bits per heavy atom. The second kappa shape index (κ2) is 20.5. The van der Waals surface area contributed by atoms with Gasteiger partial charge in [-0.05, 0) is 114 Å². The van der Waals surface area contributed by atoms with Crippen molar-refractivity contribution in [2.45, 2.75) is 44.9 Å². The molecule has 10 nitrogen and oxygen atoms in total. The van der Waals surface area contributed by atoms with Crippen molar-refractivity contribution < 1.29 is 38.2 Å². The number of halogens is 2. The van der Waals surface area contributed by atoms with Crippen LogP contribution in [0.1, 0.15) is 54.4 Å². The summed E-state index contributed by atoms with van der Waals surface area (Å²) in [6, 6.07) is 29.6. The van der Waals surface area contributed by atoms with E-state index < -0.39 is 22.3 Å². The fourth-order valence-electron chi connectivity index (χ4n) is 5.19. The first-order valence-corrected chi connectivity index (χ1v) is 19.5. The number of nitrogens with one attached hydrogen (secondary N) is 2. The third kappa shape index (κ3) is 13.3. The molecule has 2 aliphatic heterocycles. The van der Waals surface area contributed by atoms with Crippen LogP contribution in [-0.2, 0) is 32.0 Å². The van der Waals surface area contributed by atoms with E-state index in [4.69, 9.17) is 32.7 Å². The molecule has 0 aliphatic carbocycles. The van der Waals surface area contributed by atoms with Crippen molar-refractivity contribution >= 4 is 93.1 Å². The molecule has 2 N–H and O–H groups in total. The highest BCUT2D eigenvalue weighted by molar-refractivity contribution is 8.18. The molecular formula is C41H34Cl2N2O8S2. The molecule has 0 saturated carbocycles. The van der Waals surface area contributed by atoms with Crippen molar-refractivity contribution in [2.24, 2.45) is 0 Å². The Labute approximate surface area is 336 Å². The zero-order valence-electron chi connectivity index (χ0n) is 29.2. The molecule has 55 heavy (non-hydrogen) atoms. The largest absolute Gasteiger partial charge is 0.426 e. The van der Waals surface area contributed by atoms with Gasteiger partial charge in [0.15, 0.2) is 0 Å². The van der Waals surface area contributed by atoms with Crippen molar-refractivity contribution in [2.75, 3.05) is 0 Å². The molecule has 282 valence electrons. The number of ether oxygens (including phenoxy) is 2. The highest BCUT2D eigenvalue weighted by Gasteiger charge is 2.26. The third-order valence-corrected chi connectivity index (χ3v) is 10.2. The summed E-state index contributed by atoms with van der Waals surface area (Å²) >= 11 is 14.0. The number of benzene rings is 4. The number of carbonyl (C=O) groups is 6. The predicted octanol–water partition coefficient (Wildman–Crippen LogP) is 9.57. The van der Waals surface area contributed by atoms with Gasteiger partial charge in [0.2, 0.25) is 0 Å². The summed E-state index contributed by atoms with van der Waals surface area (Å²) in [5, 5.41) is 4.19. The van der Waals surface area contributed by atoms with Gasteiger partial charge in [-0.15, -0.1) is 0 Å². The molecule has 4 aromatic rings. The first-order chi connectivity index (χ1) is 26.5. The van der Waals surface area contributed by atoms with Gasteiger partial charge in [0, 0.05) is 25.0 Å². The van der Waals surface area contributed by atoms with Gasteiger partial charge in [-0.25, -0.2) is 0 Å². The zero-order valence-corrected chi connectivity index (χ0v) is 32.3. The maximum atomic E-state index is 12.0. The molecule has 4 aromatic carbocycles. The van der Waals surface area contributed by atoms with Gasteiger partial charge < -0.3 is 9.47 Å². The smallest absolute Gasteiger partial charge is 0.311 e. The summed E-state index contributed by atoms with van der Waals surface area (Å²) in [7, 11) is 0. The van der Waals surface area contributed by atoms with Crippen LogP contribution in [0.25, 0.3) is 12.2 Å². The Balaban J connectivity index is 0.000000211. The fourth-order valence-corrected chi connectivity index (χ4v) is 6.99. The van der Waals surface area contributed by atoms with Gasteiger partial charge in [-0.1, -0.05) is 83.9 Å². The Morgan fingerprint density at radius 2 is 0.982 bits per heavy atom. The normalized spacial score (nSPS) is 15.0. The molecule has 0 radical (unpaired) electrons. The van der Waals surface area contributed by atoms with Crippen molar-refractivity contribution in [1.82, 2.24) is 10.6 Å². The van der Waals surface area contributed by atoms with Crippen molar-refractivity contribution in [3.8, 4) is 11.5 Å². The van der Waals surface area contributed by atoms with E-state index in [1.54, 1.807) is 24.3 Å². The van der Waals surface area contributed by atoms with Crippen LogP contribution in [0.15, 0.2) is 107 Å². The van der Waals surface area contributed by atoms with E-state index in [1.807, 2.05) is 48.5 Å². The summed E-state index contributed by atoms with van der Waals surface area (Å²) < 4.78 is 10.6. The van der Waals surface area contributed by atoms with E-state index in [0.717, 1.165) is 49.2 Å². The van der Waals surface area contributed by atoms with E-state index in [-0.39, 0.29) is 21.7 Å². The number of carbonyl (C=O) groups excluding carboxylic acids is 6. The Hall–Kier alpha value is -5.14. The molecule has 2 saturated heterocycles. The number of rotatable bonds is 13. The highest BCUT2D eigenvalue weighted by atomic mass is 35.5. The summed E-state index contributed by atoms with van der Waals surface area (Å²) in [6.07, 6.45) is 7.77. The van der Waals surface area contributed by atoms with Crippen LogP contribution in [0.3, 0.4) is 0 Å². The quantitative estimate of drug-likeness (QED) is 0.0579. The molecule has 6 rings (SSSR count). The summed E-state index contributed by atoms with van der Waals surface area (Å²) in [5.41, 5.74) is 3.56. The molecule has 0 bridgehead atoms. The summed E-state index contributed by atoms with van der Waals surface area (Å²) in [6.45, 7) is 0.